The van der Waals surface area contributed by atoms with Crippen LogP contribution in [0.1, 0.15) is 50.7 Å². The molecule has 0 saturated heterocycles. The van der Waals surface area contributed by atoms with Gasteiger partial charge in [0.15, 0.2) is 16.6 Å². The Bertz CT molecular complexity index is 874. The van der Waals surface area contributed by atoms with Crippen molar-refractivity contribution in [1.82, 2.24) is 4.57 Å². The van der Waals surface area contributed by atoms with Crippen molar-refractivity contribution in [2.24, 2.45) is 7.05 Å². The van der Waals surface area contributed by atoms with Crippen LogP contribution >= 0.6 is 0 Å². The molecule has 1 aliphatic rings. The summed E-state index contributed by atoms with van der Waals surface area (Å²) in [5, 5.41) is 0. The van der Waals surface area contributed by atoms with Gasteiger partial charge in [0.2, 0.25) is 6.23 Å². The van der Waals surface area contributed by atoms with Crippen LogP contribution in [0, 0.1) is 0 Å². The third-order valence-corrected chi connectivity index (χ3v) is 5.22. The van der Waals surface area contributed by atoms with Crippen LogP contribution in [0.15, 0.2) is 54.6 Å². The van der Waals surface area contributed by atoms with Gasteiger partial charge in [-0.1, -0.05) is 62.2 Å². The van der Waals surface area contributed by atoms with Crippen LogP contribution in [-0.4, -0.2) is 4.57 Å². The van der Waals surface area contributed by atoms with Crippen molar-refractivity contribution >= 4 is 11.0 Å². The second-order valence-corrected chi connectivity index (χ2v) is 6.96. The minimum atomic E-state index is -0.260. The average Bonchev–Trinajstić information content (AvgIpc) is 3.09. The highest BCUT2D eigenvalue weighted by molar-refractivity contribution is 5.73. The third-order valence-electron chi connectivity index (χ3n) is 5.22. The van der Waals surface area contributed by atoms with E-state index in [1.807, 2.05) is 0 Å². The molecule has 2 unspecified atom stereocenters. The van der Waals surface area contributed by atoms with Gasteiger partial charge in [0.1, 0.15) is 0 Å². The number of hydrogen-bond donors (Lipinski definition) is 0. The molecule has 0 N–H and O–H groups in total. The number of fused-ring (bicyclic) bond motifs is 3. The molecule has 0 amide bonds. The van der Waals surface area contributed by atoms with E-state index in [1.54, 1.807) is 0 Å². The second-order valence-electron chi connectivity index (χ2n) is 6.96. The van der Waals surface area contributed by atoms with E-state index >= 15 is 0 Å². The number of rotatable bonds is 4. The van der Waals surface area contributed by atoms with Crippen molar-refractivity contribution in [3.8, 4) is 0 Å². The Morgan fingerprint density at radius 1 is 1.08 bits per heavy atom. The lowest BCUT2D eigenvalue weighted by Gasteiger charge is -2.21. The summed E-state index contributed by atoms with van der Waals surface area (Å²) in [7, 11) is 2.16. The largest absolute Gasteiger partial charge is 1.00 e. The molecule has 25 heavy (non-hydrogen) atoms. The number of nitrogens with zero attached hydrogens (tertiary/aromatic N) is 2. The second kappa shape index (κ2) is 7.08. The molecule has 2 aromatic carbocycles. The lowest BCUT2D eigenvalue weighted by Crippen LogP contribution is -3.00. The van der Waals surface area contributed by atoms with Crippen LogP contribution in [0.25, 0.3) is 11.0 Å². The van der Waals surface area contributed by atoms with Crippen molar-refractivity contribution in [1.29, 1.82) is 0 Å². The van der Waals surface area contributed by atoms with Gasteiger partial charge in [0, 0.05) is 5.56 Å². The van der Waals surface area contributed by atoms with Crippen molar-refractivity contribution in [3.05, 3.63) is 66.0 Å². The van der Waals surface area contributed by atoms with Crippen LogP contribution in [0.5, 0.6) is 0 Å². The fourth-order valence-corrected chi connectivity index (χ4v) is 4.06. The molecule has 0 spiro atoms. The number of benzene rings is 2. The summed E-state index contributed by atoms with van der Waals surface area (Å²) in [6.45, 7) is 4.48. The normalized spacial score (nSPS) is 22.0. The molecule has 0 bridgehead atoms. The molecule has 2 atom stereocenters. The first-order valence-corrected chi connectivity index (χ1v) is 8.88. The Kier molecular flexibility index (Phi) is 5.21. The maximum atomic E-state index is 6.68. The Balaban J connectivity index is 0.00000182. The molecule has 132 valence electrons. The fraction of sp³-hybridized carbons (Fsp3) is 0.381. The Hall–Kier alpha value is -1.40. The van der Waals surface area contributed by atoms with Gasteiger partial charge in [0.25, 0.3) is 5.82 Å². The summed E-state index contributed by atoms with van der Waals surface area (Å²) in [4.78, 5) is 0. The highest BCUT2D eigenvalue weighted by atomic mass is 127. The fourth-order valence-electron chi connectivity index (χ4n) is 4.06. The molecule has 4 rings (SSSR count). The molecular weight excluding hydrogens is 423 g/mol. The highest BCUT2D eigenvalue weighted by Gasteiger charge is 2.51. The van der Waals surface area contributed by atoms with Crippen molar-refractivity contribution in [3.63, 3.8) is 0 Å². The third kappa shape index (κ3) is 2.89. The summed E-state index contributed by atoms with van der Waals surface area (Å²) in [6, 6.07) is 19.2. The standard InChI is InChI=1S/C21H25N2O.HI/c1-4-5-15-21(2)20-22(3)17-13-9-10-14-18(17)23(20)19(24-21)16-11-7-6-8-12-16;/h6-14,19H,4-5,15H2,1-3H3;1H/q+1;/p-1. The summed E-state index contributed by atoms with van der Waals surface area (Å²) in [5.74, 6) is 1.27. The smallest absolute Gasteiger partial charge is 0.292 e. The molecule has 0 fully saturated rings. The predicted octanol–water partition coefficient (Wildman–Crippen LogP) is 1.45. The van der Waals surface area contributed by atoms with Gasteiger partial charge in [-0.05, 0) is 25.5 Å². The number of aryl methyl sites for hydroxylation is 1. The molecule has 1 aromatic heterocycles. The summed E-state index contributed by atoms with van der Waals surface area (Å²) in [5.41, 5.74) is 3.45. The van der Waals surface area contributed by atoms with Crippen LogP contribution in [0.2, 0.25) is 0 Å². The molecule has 0 aliphatic carbocycles. The van der Waals surface area contributed by atoms with Gasteiger partial charge < -0.3 is 28.7 Å². The summed E-state index contributed by atoms with van der Waals surface area (Å²) < 4.78 is 11.4. The van der Waals surface area contributed by atoms with Crippen LogP contribution in [0.4, 0.5) is 0 Å². The number of imidazole rings is 1. The maximum Gasteiger partial charge on any atom is 0.292 e. The van der Waals surface area contributed by atoms with Crippen LogP contribution in [-0.2, 0) is 17.4 Å². The molecule has 0 saturated carbocycles. The van der Waals surface area contributed by atoms with Gasteiger partial charge in [-0.3, -0.25) is 0 Å². The SMILES string of the molecule is CCCCC1(C)OC(c2ccccc2)n2c1[n+](C)c1ccccc12.[I-]. The number of unbranched alkanes of at least 4 members (excludes halogenated alkanes) is 1. The van der Waals surface area contributed by atoms with E-state index in [1.165, 1.54) is 35.3 Å². The van der Waals surface area contributed by atoms with Crippen molar-refractivity contribution in [2.75, 3.05) is 0 Å². The zero-order valence-corrected chi connectivity index (χ0v) is 17.2. The number of para-hydroxylation sites is 2. The van der Waals surface area contributed by atoms with E-state index in [0.717, 1.165) is 6.42 Å². The zero-order valence-electron chi connectivity index (χ0n) is 15.1. The maximum absolute atomic E-state index is 6.68. The number of aromatic nitrogens is 2. The molecule has 0 radical (unpaired) electrons. The minimum Gasteiger partial charge on any atom is -1.00 e. The zero-order chi connectivity index (χ0) is 16.7. The summed E-state index contributed by atoms with van der Waals surface area (Å²) in [6.07, 6.45) is 3.32. The van der Waals surface area contributed by atoms with Crippen molar-refractivity contribution in [2.45, 2.75) is 44.9 Å². The highest BCUT2D eigenvalue weighted by Crippen LogP contribution is 2.45. The monoisotopic (exact) mass is 448 g/mol. The number of halogens is 1. The van der Waals surface area contributed by atoms with Gasteiger partial charge in [-0.15, -0.1) is 0 Å². The number of hydrogen-bond acceptors (Lipinski definition) is 1. The van der Waals surface area contributed by atoms with Crippen molar-refractivity contribution < 1.29 is 33.3 Å². The van der Waals surface area contributed by atoms with E-state index in [4.69, 9.17) is 4.74 Å². The molecule has 3 aromatic rings. The van der Waals surface area contributed by atoms with E-state index in [9.17, 15) is 0 Å². The molecular formula is C21H25IN2O. The first kappa shape index (κ1) is 18.4. The van der Waals surface area contributed by atoms with Gasteiger partial charge in [-0.2, -0.15) is 4.57 Å². The Labute approximate surface area is 166 Å². The van der Waals surface area contributed by atoms with Gasteiger partial charge >= 0.3 is 0 Å². The van der Waals surface area contributed by atoms with E-state index in [2.05, 4.69) is 84.6 Å². The quantitative estimate of drug-likeness (QED) is 0.437. The van der Waals surface area contributed by atoms with Gasteiger partial charge in [-0.25, -0.2) is 4.57 Å². The first-order chi connectivity index (χ1) is 11.7. The van der Waals surface area contributed by atoms with Crippen LogP contribution in [0.3, 0.4) is 0 Å². The van der Waals surface area contributed by atoms with E-state index in [-0.39, 0.29) is 35.8 Å². The first-order valence-electron chi connectivity index (χ1n) is 8.88. The lowest BCUT2D eigenvalue weighted by atomic mass is 9.98. The molecule has 2 heterocycles. The average molecular weight is 448 g/mol. The van der Waals surface area contributed by atoms with Crippen LogP contribution < -0.4 is 28.5 Å². The minimum absolute atomic E-state index is 0. The number of ether oxygens (including phenoxy) is 1. The van der Waals surface area contributed by atoms with E-state index < -0.39 is 0 Å². The Morgan fingerprint density at radius 2 is 1.76 bits per heavy atom. The molecule has 3 nitrogen and oxygen atoms in total. The van der Waals surface area contributed by atoms with Gasteiger partial charge in [0.05, 0.1) is 7.05 Å². The topological polar surface area (TPSA) is 18.0 Å². The van der Waals surface area contributed by atoms with E-state index in [0.29, 0.717) is 0 Å². The lowest BCUT2D eigenvalue weighted by molar-refractivity contribution is -0.659. The molecule has 1 aliphatic heterocycles. The predicted molar refractivity (Wildman–Crippen MR) is 95.7 cm³/mol. The molecule has 4 heteroatoms. The summed E-state index contributed by atoms with van der Waals surface area (Å²) >= 11 is 0. The Morgan fingerprint density at radius 3 is 2.48 bits per heavy atom.